The van der Waals surface area contributed by atoms with Gasteiger partial charge in [0.05, 0.1) is 4.92 Å². The number of nitrogens with one attached hydrogen (secondary N) is 1. The van der Waals surface area contributed by atoms with Crippen LogP contribution in [-0.2, 0) is 11.2 Å². The highest BCUT2D eigenvalue weighted by Gasteiger charge is 2.22. The largest absolute Gasteiger partial charge is 0.480 e. The highest BCUT2D eigenvalue weighted by atomic mass is 16.6. The number of carbonyl (C=O) groups excluding carboxylic acids is 1. The molecule has 0 saturated carbocycles. The topological polar surface area (TPSA) is 110 Å². The molecule has 2 N–H and O–H groups in total. The fourth-order valence-electron chi connectivity index (χ4n) is 2.37. The Morgan fingerprint density at radius 2 is 1.88 bits per heavy atom. The van der Waals surface area contributed by atoms with Crippen LogP contribution in [0.5, 0.6) is 0 Å². The van der Waals surface area contributed by atoms with Crippen LogP contribution in [0.25, 0.3) is 0 Å². The smallest absolute Gasteiger partial charge is 0.326 e. The van der Waals surface area contributed by atoms with Gasteiger partial charge < -0.3 is 10.4 Å². The summed E-state index contributed by atoms with van der Waals surface area (Å²) in [6.07, 6.45) is 0.122. The number of carboxylic acids is 1. The van der Waals surface area contributed by atoms with E-state index in [4.69, 9.17) is 0 Å². The summed E-state index contributed by atoms with van der Waals surface area (Å²) in [5.41, 5.74) is 2.73. The molecule has 1 amide bonds. The number of nitrogens with zero attached hydrogens (tertiary/aromatic N) is 1. The SMILES string of the molecule is Cc1ccc(C[C@@H](NC(=O)c2cccc([N+](=O)[O-])c2)C(=O)O)cc1C. The third-order valence-corrected chi connectivity index (χ3v) is 3.93. The Morgan fingerprint density at radius 1 is 1.16 bits per heavy atom. The van der Waals surface area contributed by atoms with Crippen molar-refractivity contribution in [1.82, 2.24) is 5.32 Å². The first-order valence-electron chi connectivity index (χ1n) is 7.62. The van der Waals surface area contributed by atoms with Crippen molar-refractivity contribution in [2.75, 3.05) is 0 Å². The van der Waals surface area contributed by atoms with Crippen molar-refractivity contribution < 1.29 is 19.6 Å². The molecule has 0 saturated heterocycles. The number of amides is 1. The molecule has 0 spiro atoms. The minimum absolute atomic E-state index is 0.0422. The number of carbonyl (C=O) groups is 2. The lowest BCUT2D eigenvalue weighted by atomic mass is 10.0. The average molecular weight is 342 g/mol. The van der Waals surface area contributed by atoms with Gasteiger partial charge in [-0.05, 0) is 36.6 Å². The number of non-ortho nitro benzene ring substituents is 1. The Labute approximate surface area is 144 Å². The van der Waals surface area contributed by atoms with Crippen molar-refractivity contribution in [3.05, 3.63) is 74.8 Å². The van der Waals surface area contributed by atoms with E-state index in [9.17, 15) is 24.8 Å². The Bertz CT molecular complexity index is 832. The van der Waals surface area contributed by atoms with E-state index < -0.39 is 22.8 Å². The predicted octanol–water partition coefficient (Wildman–Crippen LogP) is 2.64. The zero-order valence-corrected chi connectivity index (χ0v) is 13.9. The lowest BCUT2D eigenvalue weighted by Gasteiger charge is -2.15. The average Bonchev–Trinajstić information content (AvgIpc) is 2.57. The van der Waals surface area contributed by atoms with E-state index in [0.717, 1.165) is 22.8 Å². The molecule has 1 atom stereocenters. The van der Waals surface area contributed by atoms with Crippen molar-refractivity contribution >= 4 is 17.6 Å². The number of aliphatic carboxylic acids is 1. The predicted molar refractivity (Wildman–Crippen MR) is 91.6 cm³/mol. The van der Waals surface area contributed by atoms with Gasteiger partial charge in [-0.15, -0.1) is 0 Å². The molecule has 0 bridgehead atoms. The highest BCUT2D eigenvalue weighted by molar-refractivity contribution is 5.97. The van der Waals surface area contributed by atoms with E-state index in [1.165, 1.54) is 18.2 Å². The van der Waals surface area contributed by atoms with E-state index in [1.807, 2.05) is 32.0 Å². The summed E-state index contributed by atoms with van der Waals surface area (Å²) in [6, 6.07) is 9.62. The Balaban J connectivity index is 2.17. The molecule has 2 aromatic rings. The number of rotatable bonds is 6. The van der Waals surface area contributed by atoms with Crippen LogP contribution in [-0.4, -0.2) is 27.9 Å². The summed E-state index contributed by atoms with van der Waals surface area (Å²) >= 11 is 0. The first kappa shape index (κ1) is 18.1. The van der Waals surface area contributed by atoms with E-state index >= 15 is 0 Å². The molecule has 0 aliphatic carbocycles. The summed E-state index contributed by atoms with van der Waals surface area (Å²) in [4.78, 5) is 33.9. The highest BCUT2D eigenvalue weighted by Crippen LogP contribution is 2.15. The number of nitro benzene ring substituents is 1. The maximum atomic E-state index is 12.2. The van der Waals surface area contributed by atoms with Crippen LogP contribution in [0.15, 0.2) is 42.5 Å². The van der Waals surface area contributed by atoms with Crippen LogP contribution < -0.4 is 5.32 Å². The molecule has 7 heteroatoms. The van der Waals surface area contributed by atoms with E-state index in [1.54, 1.807) is 0 Å². The van der Waals surface area contributed by atoms with Crippen molar-refractivity contribution in [3.63, 3.8) is 0 Å². The maximum absolute atomic E-state index is 12.2. The zero-order valence-electron chi connectivity index (χ0n) is 13.9. The Kier molecular flexibility index (Phi) is 5.49. The third kappa shape index (κ3) is 4.63. The van der Waals surface area contributed by atoms with E-state index in [-0.39, 0.29) is 17.7 Å². The van der Waals surface area contributed by atoms with Crippen molar-refractivity contribution in [2.45, 2.75) is 26.3 Å². The monoisotopic (exact) mass is 342 g/mol. The van der Waals surface area contributed by atoms with Crippen molar-refractivity contribution in [3.8, 4) is 0 Å². The van der Waals surface area contributed by atoms with Gasteiger partial charge in [0.25, 0.3) is 11.6 Å². The number of aryl methyl sites for hydroxylation is 2. The molecule has 0 aliphatic heterocycles. The van der Waals surface area contributed by atoms with Gasteiger partial charge in [-0.2, -0.15) is 0 Å². The molecule has 2 aromatic carbocycles. The summed E-state index contributed by atoms with van der Waals surface area (Å²) in [5, 5.41) is 22.6. The number of carboxylic acid groups (broad SMARTS) is 1. The number of hydrogen-bond donors (Lipinski definition) is 2. The second-order valence-corrected chi connectivity index (χ2v) is 5.79. The Hall–Kier alpha value is -3.22. The molecule has 130 valence electrons. The maximum Gasteiger partial charge on any atom is 0.326 e. The standard InChI is InChI=1S/C18H18N2O5/c1-11-6-7-13(8-12(11)2)9-16(18(22)23)19-17(21)14-4-3-5-15(10-14)20(24)25/h3-8,10,16H,9H2,1-2H3,(H,19,21)(H,22,23)/t16-/m1/s1. The molecule has 7 nitrogen and oxygen atoms in total. The van der Waals surface area contributed by atoms with Crippen LogP contribution in [0.1, 0.15) is 27.0 Å². The fraction of sp³-hybridized carbons (Fsp3) is 0.222. The molecular formula is C18H18N2O5. The minimum atomic E-state index is -1.17. The van der Waals surface area contributed by atoms with Gasteiger partial charge in [0.15, 0.2) is 0 Å². The molecule has 0 heterocycles. The quantitative estimate of drug-likeness (QED) is 0.619. The zero-order chi connectivity index (χ0) is 18.6. The first-order chi connectivity index (χ1) is 11.8. The molecule has 0 radical (unpaired) electrons. The van der Waals surface area contributed by atoms with Gasteiger partial charge in [-0.3, -0.25) is 14.9 Å². The molecule has 0 fully saturated rings. The molecule has 0 aliphatic rings. The van der Waals surface area contributed by atoms with Gasteiger partial charge in [0.1, 0.15) is 6.04 Å². The van der Waals surface area contributed by atoms with Crippen LogP contribution in [0.3, 0.4) is 0 Å². The van der Waals surface area contributed by atoms with E-state index in [2.05, 4.69) is 5.32 Å². The van der Waals surface area contributed by atoms with Gasteiger partial charge in [-0.25, -0.2) is 4.79 Å². The van der Waals surface area contributed by atoms with Gasteiger partial charge in [0, 0.05) is 24.1 Å². The van der Waals surface area contributed by atoms with Gasteiger partial charge in [-0.1, -0.05) is 24.3 Å². The number of hydrogen-bond acceptors (Lipinski definition) is 4. The van der Waals surface area contributed by atoms with Crippen LogP contribution in [0.4, 0.5) is 5.69 Å². The normalized spacial score (nSPS) is 11.6. The second kappa shape index (κ2) is 7.57. The third-order valence-electron chi connectivity index (χ3n) is 3.93. The van der Waals surface area contributed by atoms with Crippen molar-refractivity contribution in [1.29, 1.82) is 0 Å². The van der Waals surface area contributed by atoms with Crippen molar-refractivity contribution in [2.24, 2.45) is 0 Å². The summed E-state index contributed by atoms with van der Waals surface area (Å²) in [7, 11) is 0. The first-order valence-corrected chi connectivity index (χ1v) is 7.62. The van der Waals surface area contributed by atoms with Gasteiger partial charge in [0.2, 0.25) is 0 Å². The second-order valence-electron chi connectivity index (χ2n) is 5.79. The molecular weight excluding hydrogens is 324 g/mol. The van der Waals surface area contributed by atoms with Crippen LogP contribution in [0.2, 0.25) is 0 Å². The van der Waals surface area contributed by atoms with Gasteiger partial charge >= 0.3 is 5.97 Å². The summed E-state index contributed by atoms with van der Waals surface area (Å²) in [6.45, 7) is 3.88. The van der Waals surface area contributed by atoms with E-state index in [0.29, 0.717) is 0 Å². The summed E-state index contributed by atoms with van der Waals surface area (Å²) in [5.74, 6) is -1.84. The fourth-order valence-corrected chi connectivity index (χ4v) is 2.37. The summed E-state index contributed by atoms with van der Waals surface area (Å²) < 4.78 is 0. The minimum Gasteiger partial charge on any atom is -0.480 e. The molecule has 25 heavy (non-hydrogen) atoms. The number of nitro groups is 1. The number of benzene rings is 2. The Morgan fingerprint density at radius 3 is 2.48 bits per heavy atom. The lowest BCUT2D eigenvalue weighted by molar-refractivity contribution is -0.384. The molecule has 0 unspecified atom stereocenters. The molecule has 2 rings (SSSR count). The van der Waals surface area contributed by atoms with Crippen LogP contribution in [0, 0.1) is 24.0 Å². The molecule has 0 aromatic heterocycles. The van der Waals surface area contributed by atoms with Crippen LogP contribution >= 0.6 is 0 Å². The lowest BCUT2D eigenvalue weighted by Crippen LogP contribution is -2.42.